The fourth-order valence-electron chi connectivity index (χ4n) is 2.47. The number of fused-ring (bicyclic) bond motifs is 1. The van der Waals surface area contributed by atoms with E-state index in [0.717, 1.165) is 27.9 Å². The van der Waals surface area contributed by atoms with E-state index in [1.807, 2.05) is 55.5 Å². The van der Waals surface area contributed by atoms with Crippen LogP contribution in [-0.4, -0.2) is 23.0 Å². The number of esters is 1. The van der Waals surface area contributed by atoms with E-state index in [2.05, 4.69) is 9.97 Å². The third kappa shape index (κ3) is 3.68. The van der Waals surface area contributed by atoms with E-state index < -0.39 is 0 Å². The van der Waals surface area contributed by atoms with E-state index in [1.165, 1.54) is 0 Å². The molecule has 0 spiro atoms. The van der Waals surface area contributed by atoms with Gasteiger partial charge in [0.25, 0.3) is 0 Å². The highest BCUT2D eigenvalue weighted by Gasteiger charge is 2.09. The van der Waals surface area contributed by atoms with Gasteiger partial charge in [-0.05, 0) is 30.7 Å². The molecule has 0 N–H and O–H groups in total. The number of aryl methyl sites for hydroxylation is 1. The average Bonchev–Trinajstić information content (AvgIpc) is 2.61. The third-order valence-electron chi connectivity index (χ3n) is 3.71. The second-order valence-corrected chi connectivity index (χ2v) is 5.43. The Morgan fingerprint density at radius 1 is 1.04 bits per heavy atom. The van der Waals surface area contributed by atoms with Crippen molar-refractivity contribution in [2.45, 2.75) is 20.0 Å². The van der Waals surface area contributed by atoms with Gasteiger partial charge in [-0.3, -0.25) is 4.79 Å². The number of carbonyl (C=O) groups excluding carboxylic acids is 1. The van der Waals surface area contributed by atoms with Crippen LogP contribution >= 0.6 is 0 Å². The Balaban J connectivity index is 1.63. The fourth-order valence-corrected chi connectivity index (χ4v) is 2.47. The Labute approximate surface area is 140 Å². The molecule has 2 aromatic carbocycles. The van der Waals surface area contributed by atoms with Gasteiger partial charge >= 0.3 is 5.97 Å². The SMILES string of the molecule is COc1ccc(CC(=O)OCc2nc(C)c3ccccc3n2)cc1. The van der Waals surface area contributed by atoms with Gasteiger partial charge in [0.05, 0.1) is 19.0 Å². The highest BCUT2D eigenvalue weighted by molar-refractivity contribution is 5.80. The van der Waals surface area contributed by atoms with E-state index >= 15 is 0 Å². The molecule has 0 radical (unpaired) electrons. The standard InChI is InChI=1S/C19H18N2O3/c1-13-16-5-3-4-6-17(16)21-18(20-13)12-24-19(22)11-14-7-9-15(23-2)10-8-14/h3-10H,11-12H2,1-2H3. The maximum atomic E-state index is 12.0. The Morgan fingerprint density at radius 2 is 1.79 bits per heavy atom. The molecule has 3 aromatic rings. The lowest BCUT2D eigenvalue weighted by molar-refractivity contribution is -0.144. The first-order valence-electron chi connectivity index (χ1n) is 7.66. The minimum atomic E-state index is -0.311. The van der Waals surface area contributed by atoms with Crippen molar-refractivity contribution >= 4 is 16.9 Å². The lowest BCUT2D eigenvalue weighted by atomic mass is 10.1. The summed E-state index contributed by atoms with van der Waals surface area (Å²) in [5.74, 6) is 0.955. The topological polar surface area (TPSA) is 61.3 Å². The van der Waals surface area contributed by atoms with E-state index in [-0.39, 0.29) is 19.0 Å². The van der Waals surface area contributed by atoms with Crippen LogP contribution in [-0.2, 0) is 22.6 Å². The van der Waals surface area contributed by atoms with E-state index in [0.29, 0.717) is 5.82 Å². The van der Waals surface area contributed by atoms with Crippen LogP contribution in [0.3, 0.4) is 0 Å². The lowest BCUT2D eigenvalue weighted by Crippen LogP contribution is -2.10. The molecule has 0 saturated heterocycles. The first-order chi connectivity index (χ1) is 11.7. The molecule has 3 rings (SSSR count). The number of ether oxygens (including phenoxy) is 2. The third-order valence-corrected chi connectivity index (χ3v) is 3.71. The predicted molar refractivity (Wildman–Crippen MR) is 90.8 cm³/mol. The summed E-state index contributed by atoms with van der Waals surface area (Å²) in [6.07, 6.45) is 0.205. The summed E-state index contributed by atoms with van der Waals surface area (Å²) in [7, 11) is 1.61. The van der Waals surface area contributed by atoms with Gasteiger partial charge in [-0.2, -0.15) is 0 Å². The van der Waals surface area contributed by atoms with Gasteiger partial charge in [-0.15, -0.1) is 0 Å². The van der Waals surface area contributed by atoms with Crippen LogP contribution in [0.2, 0.25) is 0 Å². The second-order valence-electron chi connectivity index (χ2n) is 5.43. The highest BCUT2D eigenvalue weighted by Crippen LogP contribution is 2.15. The molecule has 0 bridgehead atoms. The number of nitrogens with zero attached hydrogens (tertiary/aromatic N) is 2. The summed E-state index contributed by atoms with van der Waals surface area (Å²) < 4.78 is 10.4. The summed E-state index contributed by atoms with van der Waals surface area (Å²) >= 11 is 0. The molecule has 0 amide bonds. The quantitative estimate of drug-likeness (QED) is 0.675. The van der Waals surface area contributed by atoms with Crippen LogP contribution in [0.25, 0.3) is 10.9 Å². The Bertz CT molecular complexity index is 860. The lowest BCUT2D eigenvalue weighted by Gasteiger charge is -2.07. The van der Waals surface area contributed by atoms with E-state index in [9.17, 15) is 4.79 Å². The first kappa shape index (κ1) is 15.9. The minimum Gasteiger partial charge on any atom is -0.497 e. The van der Waals surface area contributed by atoms with E-state index in [4.69, 9.17) is 9.47 Å². The molecule has 1 heterocycles. The number of para-hydroxylation sites is 1. The number of benzene rings is 2. The van der Waals surface area contributed by atoms with Gasteiger partial charge in [0.15, 0.2) is 12.4 Å². The molecule has 5 nitrogen and oxygen atoms in total. The van der Waals surface area contributed by atoms with Crippen molar-refractivity contribution in [1.29, 1.82) is 0 Å². The Kier molecular flexibility index (Phi) is 4.70. The molecule has 0 aliphatic carbocycles. The van der Waals surface area contributed by atoms with Crippen molar-refractivity contribution < 1.29 is 14.3 Å². The van der Waals surface area contributed by atoms with E-state index in [1.54, 1.807) is 7.11 Å². The smallest absolute Gasteiger partial charge is 0.310 e. The number of carbonyl (C=O) groups is 1. The van der Waals surface area contributed by atoms with Crippen molar-refractivity contribution in [3.63, 3.8) is 0 Å². The molecule has 24 heavy (non-hydrogen) atoms. The van der Waals surface area contributed by atoms with Gasteiger partial charge in [0.2, 0.25) is 0 Å². The number of rotatable bonds is 5. The molecule has 5 heteroatoms. The highest BCUT2D eigenvalue weighted by atomic mass is 16.5. The van der Waals surface area contributed by atoms with Crippen LogP contribution < -0.4 is 4.74 Å². The zero-order chi connectivity index (χ0) is 16.9. The number of hydrogen-bond donors (Lipinski definition) is 0. The number of methoxy groups -OCH3 is 1. The molecule has 0 unspecified atom stereocenters. The molecular weight excluding hydrogens is 304 g/mol. The maximum Gasteiger partial charge on any atom is 0.310 e. The number of hydrogen-bond acceptors (Lipinski definition) is 5. The molecule has 0 atom stereocenters. The zero-order valence-corrected chi connectivity index (χ0v) is 13.7. The molecule has 0 saturated carbocycles. The van der Waals surface area contributed by atoms with Gasteiger partial charge < -0.3 is 9.47 Å². The minimum absolute atomic E-state index is 0.0701. The maximum absolute atomic E-state index is 12.0. The first-order valence-corrected chi connectivity index (χ1v) is 7.66. The normalized spacial score (nSPS) is 10.6. The number of aromatic nitrogens is 2. The summed E-state index contributed by atoms with van der Waals surface area (Å²) in [4.78, 5) is 20.8. The van der Waals surface area contributed by atoms with Crippen LogP contribution in [0.1, 0.15) is 17.1 Å². The fraction of sp³-hybridized carbons (Fsp3) is 0.211. The van der Waals surface area contributed by atoms with Crippen LogP contribution in [0.5, 0.6) is 5.75 Å². The Morgan fingerprint density at radius 3 is 2.54 bits per heavy atom. The van der Waals surface area contributed by atoms with Crippen molar-refractivity contribution in [2.75, 3.05) is 7.11 Å². The summed E-state index contributed by atoms with van der Waals surface area (Å²) in [6.45, 7) is 1.99. The van der Waals surface area contributed by atoms with Crippen LogP contribution in [0, 0.1) is 6.92 Å². The van der Waals surface area contributed by atoms with Gasteiger partial charge in [0, 0.05) is 11.1 Å². The van der Waals surface area contributed by atoms with Crippen LogP contribution in [0.4, 0.5) is 0 Å². The predicted octanol–water partition coefficient (Wildman–Crippen LogP) is 3.23. The summed E-state index contributed by atoms with van der Waals surface area (Å²) in [5.41, 5.74) is 2.60. The summed E-state index contributed by atoms with van der Waals surface area (Å²) in [5, 5.41) is 1.01. The van der Waals surface area contributed by atoms with Crippen molar-refractivity contribution in [1.82, 2.24) is 9.97 Å². The van der Waals surface area contributed by atoms with Crippen molar-refractivity contribution in [3.8, 4) is 5.75 Å². The molecular formula is C19H18N2O3. The monoisotopic (exact) mass is 322 g/mol. The Hall–Kier alpha value is -2.95. The van der Waals surface area contributed by atoms with Crippen molar-refractivity contribution in [3.05, 3.63) is 65.6 Å². The van der Waals surface area contributed by atoms with Gasteiger partial charge in [-0.25, -0.2) is 9.97 Å². The largest absolute Gasteiger partial charge is 0.497 e. The molecule has 1 aromatic heterocycles. The van der Waals surface area contributed by atoms with Crippen LogP contribution in [0.15, 0.2) is 48.5 Å². The molecule has 0 fully saturated rings. The second kappa shape index (κ2) is 7.08. The summed E-state index contributed by atoms with van der Waals surface area (Å²) in [6, 6.07) is 15.1. The zero-order valence-electron chi connectivity index (χ0n) is 13.7. The van der Waals surface area contributed by atoms with Gasteiger partial charge in [-0.1, -0.05) is 30.3 Å². The molecule has 0 aliphatic heterocycles. The molecule has 122 valence electrons. The van der Waals surface area contributed by atoms with Crippen molar-refractivity contribution in [2.24, 2.45) is 0 Å². The van der Waals surface area contributed by atoms with Gasteiger partial charge in [0.1, 0.15) is 5.75 Å². The molecule has 0 aliphatic rings. The average molecular weight is 322 g/mol.